The number of hydrogen-bond donors (Lipinski definition) is 2. The van der Waals surface area contributed by atoms with Crippen LogP contribution in [-0.2, 0) is 11.2 Å². The van der Waals surface area contributed by atoms with Gasteiger partial charge in [0, 0.05) is 11.4 Å². The number of hydrogen-bond acceptors (Lipinski definition) is 3. The van der Waals surface area contributed by atoms with Gasteiger partial charge in [-0.3, -0.25) is 4.79 Å². The number of aryl methyl sites for hydroxylation is 1. The Morgan fingerprint density at radius 3 is 3.31 bits per heavy atom. The minimum absolute atomic E-state index is 0.0766. The largest absolute Gasteiger partial charge is 0.356 e. The Hall–Kier alpha value is -0.870. The van der Waals surface area contributed by atoms with E-state index < -0.39 is 0 Å². The molecule has 3 N–H and O–H groups in total. The maximum Gasteiger partial charge on any atom is 0.227 e. The van der Waals surface area contributed by atoms with Crippen LogP contribution in [0.15, 0.2) is 11.4 Å². The van der Waals surface area contributed by atoms with E-state index in [2.05, 4.69) is 16.8 Å². The van der Waals surface area contributed by atoms with Gasteiger partial charge in [0.2, 0.25) is 5.91 Å². The summed E-state index contributed by atoms with van der Waals surface area (Å²) in [6.07, 6.45) is 4.11. The van der Waals surface area contributed by atoms with Gasteiger partial charge in [0.05, 0.1) is 5.92 Å². The molecule has 0 saturated carbocycles. The number of nitrogens with one attached hydrogen (secondary N) is 1. The summed E-state index contributed by atoms with van der Waals surface area (Å²) < 4.78 is 0. The van der Waals surface area contributed by atoms with Crippen molar-refractivity contribution in [3.63, 3.8) is 0 Å². The molecule has 1 aromatic heterocycles. The predicted molar refractivity (Wildman–Crippen MR) is 66.7 cm³/mol. The van der Waals surface area contributed by atoms with Crippen molar-refractivity contribution in [3.8, 4) is 0 Å². The highest BCUT2D eigenvalue weighted by Gasteiger charge is 2.26. The zero-order valence-corrected chi connectivity index (χ0v) is 10.2. The Morgan fingerprint density at radius 1 is 1.62 bits per heavy atom. The summed E-state index contributed by atoms with van der Waals surface area (Å²) in [5, 5.41) is 5.06. The minimum atomic E-state index is 0.0766. The normalized spacial score (nSPS) is 19.2. The van der Waals surface area contributed by atoms with Gasteiger partial charge >= 0.3 is 0 Å². The van der Waals surface area contributed by atoms with Crippen molar-refractivity contribution in [2.75, 3.05) is 13.1 Å². The van der Waals surface area contributed by atoms with Crippen LogP contribution in [0.2, 0.25) is 0 Å². The molecule has 1 unspecified atom stereocenters. The van der Waals surface area contributed by atoms with Gasteiger partial charge in [0.1, 0.15) is 0 Å². The predicted octanol–water partition coefficient (Wildman–Crippen LogP) is 1.63. The van der Waals surface area contributed by atoms with Crippen LogP contribution in [0.4, 0.5) is 0 Å². The lowest BCUT2D eigenvalue weighted by Crippen LogP contribution is -2.32. The molecule has 16 heavy (non-hydrogen) atoms. The molecule has 0 saturated heterocycles. The Bertz CT molecular complexity index is 362. The fraction of sp³-hybridized carbons (Fsp3) is 0.583. The van der Waals surface area contributed by atoms with E-state index in [9.17, 15) is 4.79 Å². The SMILES string of the molecule is NCCCNC(=O)C1CCCc2sccc21. The topological polar surface area (TPSA) is 55.1 Å². The minimum Gasteiger partial charge on any atom is -0.356 e. The molecule has 1 atom stereocenters. The number of rotatable bonds is 4. The molecule has 4 heteroatoms. The van der Waals surface area contributed by atoms with Crippen LogP contribution in [0.25, 0.3) is 0 Å². The fourth-order valence-electron chi connectivity index (χ4n) is 2.20. The quantitative estimate of drug-likeness (QED) is 0.783. The zero-order valence-electron chi connectivity index (χ0n) is 9.37. The highest BCUT2D eigenvalue weighted by molar-refractivity contribution is 7.10. The summed E-state index contributed by atoms with van der Waals surface area (Å²) >= 11 is 1.77. The highest BCUT2D eigenvalue weighted by atomic mass is 32.1. The van der Waals surface area contributed by atoms with E-state index in [1.165, 1.54) is 10.4 Å². The molecule has 0 radical (unpaired) electrons. The van der Waals surface area contributed by atoms with Gasteiger partial charge in [-0.2, -0.15) is 0 Å². The third-order valence-electron chi connectivity index (χ3n) is 3.05. The molecule has 3 nitrogen and oxygen atoms in total. The van der Waals surface area contributed by atoms with E-state index in [4.69, 9.17) is 5.73 Å². The Labute approximate surface area is 100 Å². The maximum absolute atomic E-state index is 12.0. The monoisotopic (exact) mass is 238 g/mol. The first-order valence-corrected chi connectivity index (χ1v) is 6.75. The van der Waals surface area contributed by atoms with E-state index in [0.29, 0.717) is 13.1 Å². The molecule has 88 valence electrons. The van der Waals surface area contributed by atoms with Gasteiger partial charge in [-0.15, -0.1) is 11.3 Å². The lowest BCUT2D eigenvalue weighted by Gasteiger charge is -2.21. The molecule has 1 aliphatic carbocycles. The van der Waals surface area contributed by atoms with Crippen LogP contribution in [0.1, 0.15) is 35.6 Å². The number of carbonyl (C=O) groups excluding carboxylic acids is 1. The number of thiophene rings is 1. The summed E-state index contributed by atoms with van der Waals surface area (Å²) in [6, 6.07) is 2.10. The molecular weight excluding hydrogens is 220 g/mol. The van der Waals surface area contributed by atoms with Crippen LogP contribution in [0.3, 0.4) is 0 Å². The maximum atomic E-state index is 12.0. The average molecular weight is 238 g/mol. The Kier molecular flexibility index (Phi) is 3.96. The van der Waals surface area contributed by atoms with Crippen LogP contribution >= 0.6 is 11.3 Å². The Morgan fingerprint density at radius 2 is 2.50 bits per heavy atom. The van der Waals surface area contributed by atoms with Crippen molar-refractivity contribution in [2.45, 2.75) is 31.6 Å². The van der Waals surface area contributed by atoms with Gasteiger partial charge in [-0.1, -0.05) is 0 Å². The smallest absolute Gasteiger partial charge is 0.227 e. The number of amides is 1. The van der Waals surface area contributed by atoms with Crippen LogP contribution in [0, 0.1) is 0 Å². The van der Waals surface area contributed by atoms with Crippen LogP contribution in [0.5, 0.6) is 0 Å². The van der Waals surface area contributed by atoms with Gasteiger partial charge in [0.25, 0.3) is 0 Å². The lowest BCUT2D eigenvalue weighted by molar-refractivity contribution is -0.122. The molecule has 0 fully saturated rings. The summed E-state index contributed by atoms with van der Waals surface area (Å²) in [7, 11) is 0. The van der Waals surface area contributed by atoms with Crippen molar-refractivity contribution in [2.24, 2.45) is 5.73 Å². The molecule has 0 aliphatic heterocycles. The summed E-state index contributed by atoms with van der Waals surface area (Å²) in [4.78, 5) is 13.4. The van der Waals surface area contributed by atoms with E-state index in [1.54, 1.807) is 11.3 Å². The van der Waals surface area contributed by atoms with E-state index >= 15 is 0 Å². The molecule has 1 amide bonds. The van der Waals surface area contributed by atoms with Gasteiger partial charge in [0.15, 0.2) is 0 Å². The van der Waals surface area contributed by atoms with Gasteiger partial charge in [-0.25, -0.2) is 0 Å². The van der Waals surface area contributed by atoms with Crippen molar-refractivity contribution < 1.29 is 4.79 Å². The second-order valence-electron chi connectivity index (χ2n) is 4.18. The first kappa shape index (κ1) is 11.6. The molecular formula is C12H18N2OS. The second kappa shape index (κ2) is 5.46. The fourth-order valence-corrected chi connectivity index (χ4v) is 3.18. The van der Waals surface area contributed by atoms with Gasteiger partial charge < -0.3 is 11.1 Å². The van der Waals surface area contributed by atoms with Crippen LogP contribution < -0.4 is 11.1 Å². The van der Waals surface area contributed by atoms with Gasteiger partial charge in [-0.05, 0) is 49.2 Å². The van der Waals surface area contributed by atoms with Crippen molar-refractivity contribution >= 4 is 17.2 Å². The molecule has 0 bridgehead atoms. The van der Waals surface area contributed by atoms with Crippen molar-refractivity contribution in [1.82, 2.24) is 5.32 Å². The number of fused-ring (bicyclic) bond motifs is 1. The van der Waals surface area contributed by atoms with Crippen LogP contribution in [-0.4, -0.2) is 19.0 Å². The molecule has 1 aliphatic rings. The third kappa shape index (κ3) is 2.44. The second-order valence-corrected chi connectivity index (χ2v) is 5.18. The van der Waals surface area contributed by atoms with E-state index in [0.717, 1.165) is 25.7 Å². The Balaban J connectivity index is 1.98. The molecule has 1 heterocycles. The molecule has 0 spiro atoms. The molecule has 1 aromatic rings. The average Bonchev–Trinajstić information content (AvgIpc) is 2.76. The summed E-state index contributed by atoms with van der Waals surface area (Å²) in [5.74, 6) is 0.251. The lowest BCUT2D eigenvalue weighted by atomic mass is 9.87. The first-order chi connectivity index (χ1) is 7.83. The highest BCUT2D eigenvalue weighted by Crippen LogP contribution is 2.34. The first-order valence-electron chi connectivity index (χ1n) is 5.87. The molecule has 2 rings (SSSR count). The number of carbonyl (C=O) groups is 1. The summed E-state index contributed by atoms with van der Waals surface area (Å²) in [6.45, 7) is 1.33. The number of nitrogens with two attached hydrogens (primary N) is 1. The van der Waals surface area contributed by atoms with E-state index in [-0.39, 0.29) is 11.8 Å². The van der Waals surface area contributed by atoms with Crippen molar-refractivity contribution in [1.29, 1.82) is 0 Å². The summed E-state index contributed by atoms with van der Waals surface area (Å²) in [5.41, 5.74) is 6.65. The van der Waals surface area contributed by atoms with E-state index in [1.807, 2.05) is 0 Å². The van der Waals surface area contributed by atoms with Crippen molar-refractivity contribution in [3.05, 3.63) is 21.9 Å². The zero-order chi connectivity index (χ0) is 11.4. The standard InChI is InChI=1S/C12H18N2OS/c13-6-2-7-14-12(15)10-3-1-4-11-9(10)5-8-16-11/h5,8,10H,1-4,6-7,13H2,(H,14,15). The third-order valence-corrected chi connectivity index (χ3v) is 4.05. The molecule has 0 aromatic carbocycles.